The average molecular weight is 256 g/mol. The molecule has 2 nitrogen and oxygen atoms in total. The summed E-state index contributed by atoms with van der Waals surface area (Å²) in [5.41, 5.74) is 1.45. The molecule has 1 heterocycles. The van der Waals surface area contributed by atoms with Gasteiger partial charge < -0.3 is 4.42 Å². The Morgan fingerprint density at radius 3 is 2.42 bits per heavy atom. The maximum absolute atomic E-state index is 12.2. The van der Waals surface area contributed by atoms with Gasteiger partial charge in [-0.25, -0.2) is 4.79 Å². The van der Waals surface area contributed by atoms with E-state index < -0.39 is 0 Å². The van der Waals surface area contributed by atoms with Crippen LogP contribution >= 0.6 is 0 Å². The first-order valence-electron chi connectivity index (χ1n) is 7.37. The number of benzene rings is 1. The van der Waals surface area contributed by atoms with E-state index in [4.69, 9.17) is 4.42 Å². The summed E-state index contributed by atoms with van der Waals surface area (Å²) >= 11 is 0. The largest absolute Gasteiger partial charge is 0.423 e. The normalized spacial score (nSPS) is 18.1. The number of hydrogen-bond donors (Lipinski definition) is 0. The maximum Gasteiger partial charge on any atom is 0.339 e. The standard InChI is InChI=1S/C17H20O2/c18-17-15(13-8-4-2-1-3-5-9-13)12-14-10-6-7-11-16(14)19-17/h6-7,10-13H,1-5,8-9H2. The minimum Gasteiger partial charge on any atom is -0.423 e. The minimum absolute atomic E-state index is 0.135. The quantitative estimate of drug-likeness (QED) is 0.697. The van der Waals surface area contributed by atoms with E-state index in [0.717, 1.165) is 23.8 Å². The highest BCUT2D eigenvalue weighted by Gasteiger charge is 2.18. The highest BCUT2D eigenvalue weighted by atomic mass is 16.4. The fourth-order valence-corrected chi connectivity index (χ4v) is 3.13. The molecule has 1 aliphatic rings. The molecular weight excluding hydrogens is 236 g/mol. The molecule has 19 heavy (non-hydrogen) atoms. The summed E-state index contributed by atoms with van der Waals surface area (Å²) in [4.78, 5) is 12.2. The minimum atomic E-state index is -0.135. The van der Waals surface area contributed by atoms with Crippen molar-refractivity contribution in [3.63, 3.8) is 0 Å². The molecule has 0 bridgehead atoms. The predicted molar refractivity (Wildman–Crippen MR) is 77.5 cm³/mol. The molecule has 1 saturated carbocycles. The van der Waals surface area contributed by atoms with E-state index in [-0.39, 0.29) is 5.63 Å². The Kier molecular flexibility index (Phi) is 3.67. The lowest BCUT2D eigenvalue weighted by Gasteiger charge is -2.19. The second-order valence-corrected chi connectivity index (χ2v) is 5.57. The van der Waals surface area contributed by atoms with Gasteiger partial charge >= 0.3 is 5.63 Å². The Hall–Kier alpha value is -1.57. The number of hydrogen-bond acceptors (Lipinski definition) is 2. The van der Waals surface area contributed by atoms with Crippen molar-refractivity contribution in [2.75, 3.05) is 0 Å². The van der Waals surface area contributed by atoms with Gasteiger partial charge in [-0.1, -0.05) is 50.3 Å². The first-order chi connectivity index (χ1) is 9.34. The van der Waals surface area contributed by atoms with Crippen LogP contribution in [0.4, 0.5) is 0 Å². The third-order valence-corrected chi connectivity index (χ3v) is 4.21. The summed E-state index contributed by atoms with van der Waals surface area (Å²) in [6.07, 6.45) is 8.67. The lowest BCUT2D eigenvalue weighted by molar-refractivity contribution is 0.440. The van der Waals surface area contributed by atoms with E-state index in [1.165, 1.54) is 32.1 Å². The van der Waals surface area contributed by atoms with Gasteiger partial charge in [0.1, 0.15) is 5.58 Å². The lowest BCUT2D eigenvalue weighted by atomic mass is 9.86. The number of para-hydroxylation sites is 1. The molecule has 2 heteroatoms. The second kappa shape index (κ2) is 5.60. The monoisotopic (exact) mass is 256 g/mol. The highest BCUT2D eigenvalue weighted by molar-refractivity contribution is 5.76. The van der Waals surface area contributed by atoms with Gasteiger partial charge in [0, 0.05) is 10.9 Å². The summed E-state index contributed by atoms with van der Waals surface area (Å²) in [6.45, 7) is 0. The zero-order valence-electron chi connectivity index (χ0n) is 11.2. The van der Waals surface area contributed by atoms with E-state index in [2.05, 4.69) is 0 Å². The van der Waals surface area contributed by atoms with Crippen molar-refractivity contribution >= 4 is 11.0 Å². The van der Waals surface area contributed by atoms with Gasteiger partial charge in [-0.05, 0) is 30.9 Å². The summed E-state index contributed by atoms with van der Waals surface area (Å²) in [7, 11) is 0. The Balaban J connectivity index is 1.98. The van der Waals surface area contributed by atoms with Gasteiger partial charge in [-0.15, -0.1) is 0 Å². The van der Waals surface area contributed by atoms with Crippen LogP contribution in [0.5, 0.6) is 0 Å². The van der Waals surface area contributed by atoms with Crippen LogP contribution in [-0.2, 0) is 0 Å². The van der Waals surface area contributed by atoms with Gasteiger partial charge in [-0.3, -0.25) is 0 Å². The van der Waals surface area contributed by atoms with Crippen LogP contribution in [0.1, 0.15) is 56.4 Å². The molecule has 0 saturated heterocycles. The fraction of sp³-hybridized carbons (Fsp3) is 0.471. The van der Waals surface area contributed by atoms with Crippen molar-refractivity contribution in [3.05, 3.63) is 46.3 Å². The molecular formula is C17H20O2. The smallest absolute Gasteiger partial charge is 0.339 e. The highest BCUT2D eigenvalue weighted by Crippen LogP contribution is 2.30. The van der Waals surface area contributed by atoms with Gasteiger partial charge in [0.2, 0.25) is 0 Å². The first-order valence-corrected chi connectivity index (χ1v) is 7.37. The molecule has 1 aromatic carbocycles. The van der Waals surface area contributed by atoms with Crippen LogP contribution in [0.25, 0.3) is 11.0 Å². The van der Waals surface area contributed by atoms with Crippen LogP contribution in [0.3, 0.4) is 0 Å². The van der Waals surface area contributed by atoms with Crippen LogP contribution in [0.2, 0.25) is 0 Å². The Morgan fingerprint density at radius 2 is 1.63 bits per heavy atom. The van der Waals surface area contributed by atoms with Crippen LogP contribution in [-0.4, -0.2) is 0 Å². The molecule has 1 fully saturated rings. The number of fused-ring (bicyclic) bond motifs is 1. The topological polar surface area (TPSA) is 30.2 Å². The second-order valence-electron chi connectivity index (χ2n) is 5.57. The maximum atomic E-state index is 12.2. The van der Waals surface area contributed by atoms with E-state index in [1.54, 1.807) is 0 Å². The van der Waals surface area contributed by atoms with Gasteiger partial charge in [0.25, 0.3) is 0 Å². The van der Waals surface area contributed by atoms with Crippen molar-refractivity contribution in [3.8, 4) is 0 Å². The molecule has 0 radical (unpaired) electrons. The third-order valence-electron chi connectivity index (χ3n) is 4.21. The average Bonchev–Trinajstić information content (AvgIpc) is 2.38. The van der Waals surface area contributed by atoms with Crippen molar-refractivity contribution < 1.29 is 4.42 Å². The SMILES string of the molecule is O=c1oc2ccccc2cc1C1CCCCCCC1. The summed E-state index contributed by atoms with van der Waals surface area (Å²) in [6, 6.07) is 9.82. The van der Waals surface area contributed by atoms with Crippen molar-refractivity contribution in [1.29, 1.82) is 0 Å². The van der Waals surface area contributed by atoms with Crippen LogP contribution in [0, 0.1) is 0 Å². The molecule has 3 rings (SSSR count). The van der Waals surface area contributed by atoms with E-state index in [1.807, 2.05) is 30.3 Å². The van der Waals surface area contributed by atoms with Gasteiger partial charge in [0.15, 0.2) is 0 Å². The van der Waals surface area contributed by atoms with E-state index in [0.29, 0.717) is 11.5 Å². The Morgan fingerprint density at radius 1 is 0.947 bits per heavy atom. The molecule has 0 unspecified atom stereocenters. The zero-order valence-corrected chi connectivity index (χ0v) is 11.2. The van der Waals surface area contributed by atoms with Crippen molar-refractivity contribution in [2.45, 2.75) is 50.9 Å². The molecule has 0 atom stereocenters. The summed E-state index contributed by atoms with van der Waals surface area (Å²) in [5.74, 6) is 0.390. The Bertz CT molecular complexity index is 604. The van der Waals surface area contributed by atoms with E-state index in [9.17, 15) is 4.79 Å². The Labute approximate surface area is 113 Å². The van der Waals surface area contributed by atoms with Crippen LogP contribution < -0.4 is 5.63 Å². The molecule has 0 spiro atoms. The zero-order chi connectivity index (χ0) is 13.1. The number of rotatable bonds is 1. The van der Waals surface area contributed by atoms with Crippen LogP contribution in [0.15, 0.2) is 39.5 Å². The molecule has 2 aromatic rings. The lowest BCUT2D eigenvalue weighted by Crippen LogP contribution is -2.13. The molecule has 100 valence electrons. The summed E-state index contributed by atoms with van der Waals surface area (Å²) in [5, 5.41) is 1.04. The van der Waals surface area contributed by atoms with Gasteiger partial charge in [-0.2, -0.15) is 0 Å². The van der Waals surface area contributed by atoms with Gasteiger partial charge in [0.05, 0.1) is 0 Å². The molecule has 1 aromatic heterocycles. The molecule has 1 aliphatic carbocycles. The van der Waals surface area contributed by atoms with Crippen molar-refractivity contribution in [2.24, 2.45) is 0 Å². The third kappa shape index (κ3) is 2.73. The molecule has 0 amide bonds. The van der Waals surface area contributed by atoms with Crippen molar-refractivity contribution in [1.82, 2.24) is 0 Å². The van der Waals surface area contributed by atoms with E-state index >= 15 is 0 Å². The fourth-order valence-electron chi connectivity index (χ4n) is 3.13. The molecule has 0 N–H and O–H groups in total. The molecule has 0 aliphatic heterocycles. The predicted octanol–water partition coefficient (Wildman–Crippen LogP) is 4.62. The summed E-state index contributed by atoms with van der Waals surface area (Å²) < 4.78 is 5.46. The first kappa shape index (κ1) is 12.5.